The second-order valence-corrected chi connectivity index (χ2v) is 9.81. The summed E-state index contributed by atoms with van der Waals surface area (Å²) in [6, 6.07) is 1.65. The molecule has 1 aliphatic rings. The maximum Gasteiger partial charge on any atom is 0.229 e. The lowest BCUT2D eigenvalue weighted by atomic mass is 9.87. The van der Waals surface area contributed by atoms with E-state index in [9.17, 15) is 13.2 Å². The zero-order valence-electron chi connectivity index (χ0n) is 15.4. The third-order valence-electron chi connectivity index (χ3n) is 4.60. The molecule has 0 radical (unpaired) electrons. The Hall–Kier alpha value is -1.41. The van der Waals surface area contributed by atoms with Crippen molar-refractivity contribution in [2.24, 2.45) is 11.8 Å². The van der Waals surface area contributed by atoms with Gasteiger partial charge in [0.15, 0.2) is 15.7 Å². The van der Waals surface area contributed by atoms with Gasteiger partial charge in [0.25, 0.3) is 0 Å². The van der Waals surface area contributed by atoms with Crippen LogP contribution in [0.1, 0.15) is 45.8 Å². The number of carbonyl (C=O) groups is 1. The van der Waals surface area contributed by atoms with Gasteiger partial charge in [0.05, 0.1) is 18.1 Å². The molecule has 1 aliphatic carbocycles. The average Bonchev–Trinajstić information content (AvgIpc) is 2.92. The van der Waals surface area contributed by atoms with Crippen molar-refractivity contribution >= 4 is 21.6 Å². The van der Waals surface area contributed by atoms with E-state index in [-0.39, 0.29) is 34.6 Å². The van der Waals surface area contributed by atoms with Crippen LogP contribution in [0.15, 0.2) is 10.6 Å². The Labute approximate surface area is 149 Å². The lowest BCUT2D eigenvalue weighted by molar-refractivity contribution is -0.118. The number of hydrogen-bond donors (Lipinski definition) is 1. The van der Waals surface area contributed by atoms with E-state index in [0.29, 0.717) is 12.4 Å². The minimum atomic E-state index is -3.22. The molecule has 1 atom stereocenters. The highest BCUT2D eigenvalue weighted by molar-refractivity contribution is 7.91. The smallest absolute Gasteiger partial charge is 0.229 e. The Kier molecular flexibility index (Phi) is 6.26. The molecule has 1 saturated carbocycles. The highest BCUT2D eigenvalue weighted by Crippen LogP contribution is 2.28. The van der Waals surface area contributed by atoms with Crippen LogP contribution in [0.25, 0.3) is 0 Å². The van der Waals surface area contributed by atoms with Gasteiger partial charge in [-0.15, -0.1) is 0 Å². The number of nitrogens with zero attached hydrogens (tertiary/aromatic N) is 1. The van der Waals surface area contributed by atoms with Crippen LogP contribution in [0.4, 0.5) is 5.82 Å². The molecule has 0 spiro atoms. The molecule has 1 fully saturated rings. The van der Waals surface area contributed by atoms with Gasteiger partial charge in [0.2, 0.25) is 5.91 Å². The predicted octanol–water partition coefficient (Wildman–Crippen LogP) is 2.39. The van der Waals surface area contributed by atoms with Crippen LogP contribution in [0, 0.1) is 11.8 Å². The highest BCUT2D eigenvalue weighted by Gasteiger charge is 2.29. The maximum atomic E-state index is 12.3. The summed E-state index contributed by atoms with van der Waals surface area (Å²) in [6.45, 7) is 5.95. The predicted molar refractivity (Wildman–Crippen MR) is 95.2 cm³/mol. The van der Waals surface area contributed by atoms with Crippen LogP contribution >= 0.6 is 0 Å². The van der Waals surface area contributed by atoms with E-state index < -0.39 is 15.8 Å². The quantitative estimate of drug-likeness (QED) is 0.715. The first-order valence-electron chi connectivity index (χ1n) is 8.60. The van der Waals surface area contributed by atoms with Crippen molar-refractivity contribution in [1.29, 1.82) is 0 Å². The van der Waals surface area contributed by atoms with Crippen LogP contribution in [0.2, 0.25) is 0 Å². The largest absolute Gasteiger partial charge is 0.384 e. The molecule has 142 valence electrons. The standard InChI is InChI=1S/C17H28N2O5S/c1-12(9-25(21,22)10-13-6-5-7-13)16(20)18-15-8-14(24-19-15)17(2,3)11-23-4/h8,12-13H,5-7,9-11H2,1-4H3,(H,18,19,20). The molecule has 1 N–H and O–H groups in total. The first-order chi connectivity index (χ1) is 11.6. The van der Waals surface area contributed by atoms with Gasteiger partial charge in [0, 0.05) is 24.5 Å². The van der Waals surface area contributed by atoms with Gasteiger partial charge in [-0.2, -0.15) is 0 Å². The van der Waals surface area contributed by atoms with E-state index in [0.717, 1.165) is 19.3 Å². The molecule has 7 nitrogen and oxygen atoms in total. The van der Waals surface area contributed by atoms with Crippen LogP contribution < -0.4 is 5.32 Å². The van der Waals surface area contributed by atoms with Gasteiger partial charge in [-0.05, 0) is 18.8 Å². The molecule has 1 amide bonds. The lowest BCUT2D eigenvalue weighted by Gasteiger charge is -2.25. The summed E-state index contributed by atoms with van der Waals surface area (Å²) in [5, 5.41) is 6.47. The topological polar surface area (TPSA) is 98.5 Å². The van der Waals surface area contributed by atoms with E-state index in [1.807, 2.05) is 13.8 Å². The second kappa shape index (κ2) is 7.86. The van der Waals surface area contributed by atoms with E-state index in [1.165, 1.54) is 0 Å². The third-order valence-corrected chi connectivity index (χ3v) is 6.59. The fourth-order valence-corrected chi connectivity index (χ4v) is 4.98. The molecule has 1 heterocycles. The fourth-order valence-electron chi connectivity index (χ4n) is 2.88. The van der Waals surface area contributed by atoms with Crippen LogP contribution in [0.3, 0.4) is 0 Å². The minimum Gasteiger partial charge on any atom is -0.384 e. The summed E-state index contributed by atoms with van der Waals surface area (Å²) in [6.07, 6.45) is 3.04. The van der Waals surface area contributed by atoms with Gasteiger partial charge in [-0.1, -0.05) is 32.3 Å². The summed E-state index contributed by atoms with van der Waals surface area (Å²) in [4.78, 5) is 12.3. The van der Waals surface area contributed by atoms with Crippen molar-refractivity contribution in [3.05, 3.63) is 11.8 Å². The van der Waals surface area contributed by atoms with Crippen molar-refractivity contribution < 1.29 is 22.5 Å². The summed E-state index contributed by atoms with van der Waals surface area (Å²) < 4.78 is 34.8. The molecule has 1 aromatic heterocycles. The number of hydrogen-bond acceptors (Lipinski definition) is 6. The van der Waals surface area contributed by atoms with Gasteiger partial charge in [0.1, 0.15) is 5.76 Å². The summed E-state index contributed by atoms with van der Waals surface area (Å²) >= 11 is 0. The zero-order chi connectivity index (χ0) is 18.7. The second-order valence-electron chi connectivity index (χ2n) is 7.66. The van der Waals surface area contributed by atoms with E-state index in [4.69, 9.17) is 9.26 Å². The van der Waals surface area contributed by atoms with Crippen LogP contribution in [0.5, 0.6) is 0 Å². The molecule has 0 aliphatic heterocycles. The molecular formula is C17H28N2O5S. The number of rotatable bonds is 9. The third kappa shape index (κ3) is 5.54. The Morgan fingerprint density at radius 1 is 1.48 bits per heavy atom. The molecule has 0 saturated heterocycles. The molecule has 8 heteroatoms. The fraction of sp³-hybridized carbons (Fsp3) is 0.765. The normalized spacial score (nSPS) is 17.1. The molecule has 1 aromatic rings. The SMILES string of the molecule is COCC(C)(C)c1cc(NC(=O)C(C)CS(=O)(=O)CC2CCC2)no1. The molecule has 0 bridgehead atoms. The highest BCUT2D eigenvalue weighted by atomic mass is 32.2. The average molecular weight is 372 g/mol. The van der Waals surface area contributed by atoms with Crippen LogP contribution in [-0.2, 0) is 24.8 Å². The number of anilines is 1. The number of methoxy groups -OCH3 is 1. The Morgan fingerprint density at radius 2 is 2.16 bits per heavy atom. The van der Waals surface area contributed by atoms with Crippen molar-refractivity contribution in [2.45, 2.75) is 45.4 Å². The molecule has 1 unspecified atom stereocenters. The Balaban J connectivity index is 1.91. The number of nitrogens with one attached hydrogen (secondary N) is 1. The number of aromatic nitrogens is 1. The maximum absolute atomic E-state index is 12.3. The van der Waals surface area contributed by atoms with E-state index >= 15 is 0 Å². The van der Waals surface area contributed by atoms with Gasteiger partial charge in [-0.3, -0.25) is 4.79 Å². The molecular weight excluding hydrogens is 344 g/mol. The Morgan fingerprint density at radius 3 is 2.72 bits per heavy atom. The Bertz CT molecular complexity index is 692. The number of amides is 1. The summed E-state index contributed by atoms with van der Waals surface area (Å²) in [5.74, 6) is 0.168. The number of sulfone groups is 1. The summed E-state index contributed by atoms with van der Waals surface area (Å²) in [7, 11) is -1.62. The zero-order valence-corrected chi connectivity index (χ0v) is 16.2. The van der Waals surface area contributed by atoms with Crippen molar-refractivity contribution in [3.8, 4) is 0 Å². The minimum absolute atomic E-state index is 0.144. The van der Waals surface area contributed by atoms with Crippen LogP contribution in [-0.4, -0.2) is 44.7 Å². The van der Waals surface area contributed by atoms with Crippen molar-refractivity contribution in [3.63, 3.8) is 0 Å². The number of ether oxygens (including phenoxy) is 1. The van der Waals surface area contributed by atoms with Gasteiger partial charge >= 0.3 is 0 Å². The molecule has 0 aromatic carbocycles. The van der Waals surface area contributed by atoms with Gasteiger partial charge < -0.3 is 14.6 Å². The number of carbonyl (C=O) groups excluding carboxylic acids is 1. The van der Waals surface area contributed by atoms with E-state index in [1.54, 1.807) is 20.1 Å². The molecule has 2 rings (SSSR count). The van der Waals surface area contributed by atoms with Gasteiger partial charge in [-0.25, -0.2) is 8.42 Å². The summed E-state index contributed by atoms with van der Waals surface area (Å²) in [5.41, 5.74) is -0.373. The monoisotopic (exact) mass is 372 g/mol. The van der Waals surface area contributed by atoms with E-state index in [2.05, 4.69) is 10.5 Å². The molecule has 25 heavy (non-hydrogen) atoms. The lowest BCUT2D eigenvalue weighted by Crippen LogP contribution is -2.31. The van der Waals surface area contributed by atoms with Crippen molar-refractivity contribution in [1.82, 2.24) is 5.16 Å². The first kappa shape index (κ1) is 19.9. The van der Waals surface area contributed by atoms with Crippen molar-refractivity contribution in [2.75, 3.05) is 30.5 Å². The first-order valence-corrected chi connectivity index (χ1v) is 10.4.